The van der Waals surface area contributed by atoms with Gasteiger partial charge in [0.15, 0.2) is 0 Å². The zero-order valence-corrected chi connectivity index (χ0v) is 19.5. The zero-order chi connectivity index (χ0) is 22.9. The highest BCUT2D eigenvalue weighted by Gasteiger charge is 2.11. The van der Waals surface area contributed by atoms with Crippen LogP contribution in [0.5, 0.6) is 0 Å². The fraction of sp³-hybridized carbons (Fsp3) is 0.0857. The lowest BCUT2D eigenvalue weighted by Gasteiger charge is -2.13. The maximum absolute atomic E-state index is 2.41. The van der Waals surface area contributed by atoms with Crippen LogP contribution in [0.1, 0.15) is 17.5 Å². The standard InChI is InChI=1S/C35H24/c1(4-22-18-28-14-10-24-6-2-7-25-11-15-29(19-22)34(28)32(24)25)5-23-20-30-16-12-26-8-3-9-27-13-17-31(21-23)35(30)33(26)27/h2-3,6-21H,1,4-5H2. The quantitative estimate of drug-likeness (QED) is 0.237. The number of hydrogen-bond acceptors (Lipinski definition) is 0. The van der Waals surface area contributed by atoms with Crippen LogP contribution in [0.4, 0.5) is 0 Å². The fourth-order valence-electron chi connectivity index (χ4n) is 6.42. The van der Waals surface area contributed by atoms with E-state index in [1.165, 1.54) is 75.8 Å². The lowest BCUT2D eigenvalue weighted by molar-refractivity contribution is 0.823. The summed E-state index contributed by atoms with van der Waals surface area (Å²) in [5.41, 5.74) is 2.88. The van der Waals surface area contributed by atoms with E-state index in [1.54, 1.807) is 0 Å². The van der Waals surface area contributed by atoms with Gasteiger partial charge in [-0.2, -0.15) is 0 Å². The highest BCUT2D eigenvalue weighted by atomic mass is 14.1. The predicted octanol–water partition coefficient (Wildman–Crippen LogP) is 9.66. The normalized spacial score (nSPS) is 12.3. The van der Waals surface area contributed by atoms with Crippen molar-refractivity contribution >= 4 is 64.6 Å². The van der Waals surface area contributed by atoms with Crippen LogP contribution in [0.2, 0.25) is 0 Å². The van der Waals surface area contributed by atoms with Crippen LogP contribution in [-0.4, -0.2) is 0 Å². The lowest BCUT2D eigenvalue weighted by Crippen LogP contribution is -1.93. The maximum atomic E-state index is 2.41. The Morgan fingerprint density at radius 2 is 0.600 bits per heavy atom. The van der Waals surface area contributed by atoms with Crippen molar-refractivity contribution in [3.63, 3.8) is 0 Å². The molecule has 0 atom stereocenters. The van der Waals surface area contributed by atoms with E-state index >= 15 is 0 Å². The molecule has 164 valence electrons. The van der Waals surface area contributed by atoms with Gasteiger partial charge in [-0.1, -0.05) is 109 Å². The van der Waals surface area contributed by atoms with Crippen LogP contribution in [0.3, 0.4) is 0 Å². The fourth-order valence-corrected chi connectivity index (χ4v) is 6.42. The monoisotopic (exact) mass is 444 g/mol. The van der Waals surface area contributed by atoms with Crippen LogP contribution >= 0.6 is 0 Å². The van der Waals surface area contributed by atoms with Crippen molar-refractivity contribution in [1.29, 1.82) is 0 Å². The van der Waals surface area contributed by atoms with Crippen molar-refractivity contribution < 1.29 is 0 Å². The number of benzene rings is 8. The Bertz CT molecular complexity index is 1750. The molecule has 0 aromatic heterocycles. The van der Waals surface area contributed by atoms with Crippen molar-refractivity contribution in [2.75, 3.05) is 0 Å². The molecular weight excluding hydrogens is 420 g/mol. The summed E-state index contributed by atoms with van der Waals surface area (Å²) >= 11 is 0. The minimum absolute atomic E-state index is 1.10. The molecule has 0 saturated heterocycles. The minimum atomic E-state index is 1.10. The van der Waals surface area contributed by atoms with Gasteiger partial charge < -0.3 is 0 Å². The number of aryl methyl sites for hydroxylation is 2. The molecule has 0 saturated carbocycles. The summed E-state index contributed by atoms with van der Waals surface area (Å²) in [5.74, 6) is 0. The van der Waals surface area contributed by atoms with Crippen LogP contribution in [0.15, 0.2) is 109 Å². The third-order valence-electron chi connectivity index (χ3n) is 7.98. The summed E-state index contributed by atoms with van der Waals surface area (Å²) < 4.78 is 0. The molecule has 0 nitrogen and oxygen atoms in total. The summed E-state index contributed by atoms with van der Waals surface area (Å²) in [4.78, 5) is 0. The topological polar surface area (TPSA) is 0 Å². The minimum Gasteiger partial charge on any atom is -0.0610 e. The average molecular weight is 445 g/mol. The first-order chi connectivity index (χ1) is 17.3. The molecule has 8 rings (SSSR count). The summed E-state index contributed by atoms with van der Waals surface area (Å²) in [6, 6.07) is 41.2. The average Bonchev–Trinajstić information content (AvgIpc) is 2.90. The molecule has 0 heteroatoms. The zero-order valence-electron chi connectivity index (χ0n) is 19.5. The van der Waals surface area contributed by atoms with E-state index in [2.05, 4.69) is 109 Å². The van der Waals surface area contributed by atoms with Crippen LogP contribution < -0.4 is 0 Å². The third-order valence-corrected chi connectivity index (χ3v) is 7.98. The van der Waals surface area contributed by atoms with E-state index in [0.717, 1.165) is 19.3 Å². The molecule has 0 radical (unpaired) electrons. The number of rotatable bonds is 4. The first-order valence-corrected chi connectivity index (χ1v) is 12.6. The van der Waals surface area contributed by atoms with Gasteiger partial charge in [0.2, 0.25) is 0 Å². The second-order valence-corrected chi connectivity index (χ2v) is 10.1. The molecule has 0 aliphatic rings. The van der Waals surface area contributed by atoms with E-state index in [0.29, 0.717) is 0 Å². The third kappa shape index (κ3) is 2.87. The molecule has 0 amide bonds. The largest absolute Gasteiger partial charge is 0.0610 e. The van der Waals surface area contributed by atoms with Gasteiger partial charge in [-0.15, -0.1) is 0 Å². The highest BCUT2D eigenvalue weighted by Crippen LogP contribution is 2.37. The van der Waals surface area contributed by atoms with Crippen molar-refractivity contribution in [2.24, 2.45) is 0 Å². The molecule has 0 spiro atoms. The lowest BCUT2D eigenvalue weighted by atomic mass is 9.91. The van der Waals surface area contributed by atoms with Gasteiger partial charge in [-0.05, 0) is 95.0 Å². The Hall–Kier alpha value is -4.16. The predicted molar refractivity (Wildman–Crippen MR) is 152 cm³/mol. The Morgan fingerprint density at radius 3 is 0.943 bits per heavy atom. The Balaban J connectivity index is 1.13. The molecule has 8 aromatic carbocycles. The summed E-state index contributed by atoms with van der Waals surface area (Å²) in [6.45, 7) is 0. The van der Waals surface area contributed by atoms with Gasteiger partial charge >= 0.3 is 0 Å². The van der Waals surface area contributed by atoms with E-state index in [4.69, 9.17) is 0 Å². The Morgan fingerprint density at radius 1 is 0.314 bits per heavy atom. The molecule has 0 aliphatic carbocycles. The van der Waals surface area contributed by atoms with Crippen LogP contribution in [-0.2, 0) is 12.8 Å². The molecule has 0 bridgehead atoms. The SMILES string of the molecule is c1cc2ccc3cc(CCCc4cc5ccc6cccc7ccc(c4)c5c67)cc4ccc(c1)c2c34. The molecule has 35 heavy (non-hydrogen) atoms. The van der Waals surface area contributed by atoms with Gasteiger partial charge in [0.05, 0.1) is 0 Å². The molecule has 0 fully saturated rings. The maximum Gasteiger partial charge on any atom is -0.00266 e. The molecular formula is C35H24. The molecule has 8 aromatic rings. The molecule has 0 unspecified atom stereocenters. The van der Waals surface area contributed by atoms with Crippen molar-refractivity contribution in [3.8, 4) is 0 Å². The molecule has 0 aliphatic heterocycles. The molecule has 0 N–H and O–H groups in total. The number of hydrogen-bond donors (Lipinski definition) is 0. The van der Waals surface area contributed by atoms with Gasteiger partial charge in [0.1, 0.15) is 0 Å². The van der Waals surface area contributed by atoms with Gasteiger partial charge in [0, 0.05) is 0 Å². The van der Waals surface area contributed by atoms with E-state index in [1.807, 2.05) is 0 Å². The highest BCUT2D eigenvalue weighted by molar-refractivity contribution is 6.24. The van der Waals surface area contributed by atoms with Crippen molar-refractivity contribution in [1.82, 2.24) is 0 Å². The second-order valence-electron chi connectivity index (χ2n) is 10.1. The second kappa shape index (κ2) is 7.17. The van der Waals surface area contributed by atoms with Gasteiger partial charge in [-0.3, -0.25) is 0 Å². The van der Waals surface area contributed by atoms with Gasteiger partial charge in [-0.25, -0.2) is 0 Å². The van der Waals surface area contributed by atoms with Crippen molar-refractivity contribution in [3.05, 3.63) is 120 Å². The Kier molecular flexibility index (Phi) is 3.93. The first-order valence-electron chi connectivity index (χ1n) is 12.6. The Labute approximate surface area is 204 Å². The first kappa shape index (κ1) is 19.2. The van der Waals surface area contributed by atoms with Crippen molar-refractivity contribution in [2.45, 2.75) is 19.3 Å². The molecule has 0 heterocycles. The van der Waals surface area contributed by atoms with E-state index in [9.17, 15) is 0 Å². The smallest absolute Gasteiger partial charge is 0.00266 e. The van der Waals surface area contributed by atoms with Gasteiger partial charge in [0.25, 0.3) is 0 Å². The van der Waals surface area contributed by atoms with Crippen LogP contribution in [0.25, 0.3) is 64.6 Å². The summed E-state index contributed by atoms with van der Waals surface area (Å²) in [6.07, 6.45) is 3.35. The van der Waals surface area contributed by atoms with E-state index in [-0.39, 0.29) is 0 Å². The summed E-state index contributed by atoms with van der Waals surface area (Å²) in [7, 11) is 0. The van der Waals surface area contributed by atoms with E-state index < -0.39 is 0 Å². The van der Waals surface area contributed by atoms with Crippen LogP contribution in [0, 0.1) is 0 Å². The summed E-state index contributed by atoms with van der Waals surface area (Å²) in [5, 5.41) is 16.4.